The van der Waals surface area contributed by atoms with Crippen LogP contribution in [0.25, 0.3) is 0 Å². The maximum atomic E-state index is 13.0. The van der Waals surface area contributed by atoms with Crippen molar-refractivity contribution in [3.8, 4) is 0 Å². The van der Waals surface area contributed by atoms with E-state index >= 15 is 0 Å². The Bertz CT molecular complexity index is 1020. The highest BCUT2D eigenvalue weighted by molar-refractivity contribution is 6.09. The first-order chi connectivity index (χ1) is 14.6. The lowest BCUT2D eigenvalue weighted by Crippen LogP contribution is -2.45. The first-order valence-corrected chi connectivity index (χ1v) is 9.92. The number of carbonyl (C=O) groups excluding carboxylic acids is 4. The van der Waals surface area contributed by atoms with Gasteiger partial charge in [0.2, 0.25) is 11.8 Å². The van der Waals surface area contributed by atoms with Gasteiger partial charge in [-0.2, -0.15) is 0 Å². The molecule has 0 bridgehead atoms. The van der Waals surface area contributed by atoms with E-state index in [1.54, 1.807) is 31.2 Å². The van der Waals surface area contributed by atoms with Crippen molar-refractivity contribution < 1.29 is 19.2 Å². The molecular weight excluding hydrogens is 396 g/mol. The second kappa shape index (κ2) is 8.59. The van der Waals surface area contributed by atoms with Gasteiger partial charge in [0.05, 0.1) is 6.54 Å². The topological polar surface area (TPSA) is 98.8 Å². The van der Waals surface area contributed by atoms with E-state index < -0.39 is 29.9 Å². The van der Waals surface area contributed by atoms with E-state index in [0.29, 0.717) is 11.3 Å². The summed E-state index contributed by atoms with van der Waals surface area (Å²) in [6.07, 6.45) is 0. The van der Waals surface area contributed by atoms with Gasteiger partial charge in [0.25, 0.3) is 5.91 Å². The van der Waals surface area contributed by atoms with Crippen molar-refractivity contribution in [3.05, 3.63) is 65.2 Å². The minimum Gasteiger partial charge on any atom is -0.335 e. The van der Waals surface area contributed by atoms with Crippen molar-refractivity contribution in [2.75, 3.05) is 25.5 Å². The van der Waals surface area contributed by atoms with Crippen molar-refractivity contribution in [2.45, 2.75) is 26.3 Å². The lowest BCUT2D eigenvalue weighted by atomic mass is 9.91. The number of urea groups is 1. The first kappa shape index (κ1) is 22.0. The molecule has 162 valence electrons. The van der Waals surface area contributed by atoms with E-state index in [4.69, 9.17) is 0 Å². The fourth-order valence-electron chi connectivity index (χ4n) is 3.32. The van der Waals surface area contributed by atoms with Crippen LogP contribution in [0.4, 0.5) is 10.5 Å². The van der Waals surface area contributed by atoms with Gasteiger partial charge in [-0.05, 0) is 38.5 Å². The molecule has 0 spiro atoms. The number of imide groups is 1. The van der Waals surface area contributed by atoms with E-state index in [1.807, 2.05) is 38.1 Å². The van der Waals surface area contributed by atoms with Crippen molar-refractivity contribution >= 4 is 29.4 Å². The van der Waals surface area contributed by atoms with E-state index in [-0.39, 0.29) is 12.5 Å². The smallest absolute Gasteiger partial charge is 0.325 e. The number of aryl methyl sites for hydroxylation is 2. The van der Waals surface area contributed by atoms with Gasteiger partial charge in [0.1, 0.15) is 12.1 Å². The fraction of sp³-hybridized carbons (Fsp3) is 0.304. The third-order valence-corrected chi connectivity index (χ3v) is 5.34. The summed E-state index contributed by atoms with van der Waals surface area (Å²) >= 11 is 0. The molecule has 1 atom stereocenters. The summed E-state index contributed by atoms with van der Waals surface area (Å²) in [7, 11) is 1.45. The molecule has 1 saturated heterocycles. The molecule has 2 aromatic rings. The van der Waals surface area contributed by atoms with Crippen LogP contribution in [0, 0.1) is 13.8 Å². The molecule has 1 unspecified atom stereocenters. The first-order valence-electron chi connectivity index (χ1n) is 9.92. The monoisotopic (exact) mass is 422 g/mol. The van der Waals surface area contributed by atoms with Crippen LogP contribution < -0.4 is 10.6 Å². The maximum Gasteiger partial charge on any atom is 0.325 e. The molecule has 0 aliphatic carbocycles. The molecule has 1 aliphatic rings. The summed E-state index contributed by atoms with van der Waals surface area (Å²) < 4.78 is 0. The van der Waals surface area contributed by atoms with Gasteiger partial charge < -0.3 is 15.5 Å². The third kappa shape index (κ3) is 4.74. The Morgan fingerprint density at radius 2 is 1.55 bits per heavy atom. The van der Waals surface area contributed by atoms with Gasteiger partial charge in [0.15, 0.2) is 0 Å². The SMILES string of the molecule is Cc1ccc(NC(=O)CN(C)C(=O)CN2C(=O)NC(C)(c3ccc(C)cc3)C2=O)cc1. The van der Waals surface area contributed by atoms with Crippen LogP contribution in [0.1, 0.15) is 23.6 Å². The molecule has 5 amide bonds. The molecule has 8 heteroatoms. The van der Waals surface area contributed by atoms with Crippen LogP contribution in [0.5, 0.6) is 0 Å². The molecule has 0 radical (unpaired) electrons. The van der Waals surface area contributed by atoms with Crippen molar-refractivity contribution in [2.24, 2.45) is 0 Å². The molecule has 0 saturated carbocycles. The zero-order valence-corrected chi connectivity index (χ0v) is 18.1. The second-order valence-electron chi connectivity index (χ2n) is 7.98. The van der Waals surface area contributed by atoms with Crippen LogP contribution in [0.15, 0.2) is 48.5 Å². The highest BCUT2D eigenvalue weighted by Crippen LogP contribution is 2.29. The van der Waals surface area contributed by atoms with Crippen LogP contribution in [0.3, 0.4) is 0 Å². The molecule has 31 heavy (non-hydrogen) atoms. The molecule has 3 rings (SSSR count). The lowest BCUT2D eigenvalue weighted by Gasteiger charge is -2.23. The average molecular weight is 422 g/mol. The van der Waals surface area contributed by atoms with Crippen LogP contribution in [-0.2, 0) is 19.9 Å². The number of anilines is 1. The number of hydrogen-bond donors (Lipinski definition) is 2. The van der Waals surface area contributed by atoms with E-state index in [2.05, 4.69) is 10.6 Å². The quantitative estimate of drug-likeness (QED) is 0.697. The number of rotatable bonds is 6. The Balaban J connectivity index is 1.61. The molecule has 8 nitrogen and oxygen atoms in total. The van der Waals surface area contributed by atoms with Gasteiger partial charge in [-0.1, -0.05) is 47.5 Å². The molecule has 1 heterocycles. The molecule has 1 aliphatic heterocycles. The maximum absolute atomic E-state index is 13.0. The molecule has 1 fully saturated rings. The summed E-state index contributed by atoms with van der Waals surface area (Å²) in [5.74, 6) is -1.40. The minimum atomic E-state index is -1.24. The third-order valence-electron chi connectivity index (χ3n) is 5.34. The summed E-state index contributed by atoms with van der Waals surface area (Å²) in [5.41, 5.74) is 2.11. The second-order valence-corrected chi connectivity index (χ2v) is 7.98. The Hall–Kier alpha value is -3.68. The number of carbonyl (C=O) groups is 4. The Labute approximate surface area is 181 Å². The molecule has 0 aromatic heterocycles. The van der Waals surface area contributed by atoms with E-state index in [0.717, 1.165) is 16.0 Å². The zero-order valence-electron chi connectivity index (χ0n) is 18.1. The van der Waals surface area contributed by atoms with Gasteiger partial charge >= 0.3 is 6.03 Å². The highest BCUT2D eigenvalue weighted by atomic mass is 16.2. The standard InChI is InChI=1S/C23H26N4O4/c1-15-5-9-17(10-6-15)23(3)21(30)27(22(31)25-23)14-20(29)26(4)13-19(28)24-18-11-7-16(2)8-12-18/h5-12H,13-14H2,1-4H3,(H,24,28)(H,25,31). The van der Waals surface area contributed by atoms with E-state index in [9.17, 15) is 19.2 Å². The fourth-order valence-corrected chi connectivity index (χ4v) is 3.32. The van der Waals surface area contributed by atoms with Crippen molar-refractivity contribution in [3.63, 3.8) is 0 Å². The molecule has 2 aromatic carbocycles. The lowest BCUT2D eigenvalue weighted by molar-refractivity contribution is -0.139. The number of hydrogen-bond acceptors (Lipinski definition) is 4. The Morgan fingerprint density at radius 1 is 1.00 bits per heavy atom. The Morgan fingerprint density at radius 3 is 2.13 bits per heavy atom. The molecular formula is C23H26N4O4. The predicted octanol–water partition coefficient (Wildman–Crippen LogP) is 2.17. The Kier molecular flexibility index (Phi) is 6.10. The van der Waals surface area contributed by atoms with Crippen molar-refractivity contribution in [1.29, 1.82) is 0 Å². The normalized spacial score (nSPS) is 18.0. The summed E-state index contributed by atoms with van der Waals surface area (Å²) in [5, 5.41) is 5.39. The number of nitrogens with zero attached hydrogens (tertiary/aromatic N) is 2. The number of likely N-dealkylation sites (N-methyl/N-ethyl adjacent to an activating group) is 1. The van der Waals surface area contributed by atoms with Crippen LogP contribution in [0.2, 0.25) is 0 Å². The van der Waals surface area contributed by atoms with Crippen LogP contribution in [-0.4, -0.2) is 53.7 Å². The highest BCUT2D eigenvalue weighted by Gasteiger charge is 2.49. The van der Waals surface area contributed by atoms with Gasteiger partial charge in [-0.15, -0.1) is 0 Å². The minimum absolute atomic E-state index is 0.203. The summed E-state index contributed by atoms with van der Waals surface area (Å²) in [6.45, 7) is 4.84. The average Bonchev–Trinajstić information content (AvgIpc) is 2.94. The summed E-state index contributed by atoms with van der Waals surface area (Å²) in [6, 6.07) is 13.9. The largest absolute Gasteiger partial charge is 0.335 e. The summed E-state index contributed by atoms with van der Waals surface area (Å²) in [4.78, 5) is 52.3. The van der Waals surface area contributed by atoms with Gasteiger partial charge in [0, 0.05) is 12.7 Å². The molecule has 2 N–H and O–H groups in total. The zero-order chi connectivity index (χ0) is 22.8. The van der Waals surface area contributed by atoms with Crippen molar-refractivity contribution in [1.82, 2.24) is 15.1 Å². The van der Waals surface area contributed by atoms with E-state index in [1.165, 1.54) is 11.9 Å². The van der Waals surface area contributed by atoms with Gasteiger partial charge in [-0.3, -0.25) is 19.3 Å². The number of nitrogens with one attached hydrogen (secondary N) is 2. The van der Waals surface area contributed by atoms with Gasteiger partial charge in [-0.25, -0.2) is 4.79 Å². The van der Waals surface area contributed by atoms with Crippen LogP contribution >= 0.6 is 0 Å². The predicted molar refractivity (Wildman–Crippen MR) is 116 cm³/mol. The number of amides is 5. The number of benzene rings is 2.